The number of para-hydroxylation sites is 2. The molecule has 7 nitrogen and oxygen atoms in total. The van der Waals surface area contributed by atoms with E-state index in [1.165, 1.54) is 4.68 Å². The van der Waals surface area contributed by atoms with E-state index in [1.54, 1.807) is 13.2 Å². The summed E-state index contributed by atoms with van der Waals surface area (Å²) in [5.41, 5.74) is 1.74. The van der Waals surface area contributed by atoms with E-state index in [1.807, 2.05) is 37.3 Å². The largest absolute Gasteiger partial charge is 0.492 e. The molecular weight excluding hydrogens is 330 g/mol. The van der Waals surface area contributed by atoms with Crippen LogP contribution >= 0.6 is 0 Å². The van der Waals surface area contributed by atoms with Crippen molar-refractivity contribution < 1.29 is 4.74 Å². The Bertz CT molecular complexity index is 769. The molecule has 2 heterocycles. The SMILES string of the molecule is CCOc1ccccc1NCCN1CCN(c2ccnn(C)c2=O)CC1. The third kappa shape index (κ3) is 4.35. The summed E-state index contributed by atoms with van der Waals surface area (Å²) in [5, 5.41) is 7.45. The average Bonchev–Trinajstić information content (AvgIpc) is 2.66. The highest BCUT2D eigenvalue weighted by atomic mass is 16.5. The van der Waals surface area contributed by atoms with E-state index in [9.17, 15) is 4.79 Å². The number of nitrogens with one attached hydrogen (secondary N) is 1. The van der Waals surface area contributed by atoms with Crippen LogP contribution in [0.3, 0.4) is 0 Å². The Balaban J connectivity index is 1.48. The zero-order valence-electron chi connectivity index (χ0n) is 15.5. The summed E-state index contributed by atoms with van der Waals surface area (Å²) in [6.45, 7) is 8.08. The van der Waals surface area contributed by atoms with Crippen LogP contribution < -0.4 is 20.5 Å². The Morgan fingerprint density at radius 1 is 1.15 bits per heavy atom. The first-order valence-corrected chi connectivity index (χ1v) is 9.14. The molecule has 0 spiro atoms. The molecule has 0 aliphatic carbocycles. The van der Waals surface area contributed by atoms with Crippen molar-refractivity contribution in [2.24, 2.45) is 7.05 Å². The summed E-state index contributed by atoms with van der Waals surface area (Å²) in [4.78, 5) is 16.8. The normalized spacial score (nSPS) is 15.1. The fourth-order valence-electron chi connectivity index (χ4n) is 3.19. The Morgan fingerprint density at radius 3 is 2.69 bits per heavy atom. The molecule has 7 heteroatoms. The molecule has 1 saturated heterocycles. The second-order valence-electron chi connectivity index (χ2n) is 6.33. The smallest absolute Gasteiger partial charge is 0.290 e. The third-order valence-corrected chi connectivity index (χ3v) is 4.63. The summed E-state index contributed by atoms with van der Waals surface area (Å²) in [6.07, 6.45) is 1.68. The molecule has 1 aromatic heterocycles. The molecule has 0 unspecified atom stereocenters. The Hall–Kier alpha value is -2.54. The number of hydrogen-bond donors (Lipinski definition) is 1. The van der Waals surface area contributed by atoms with Gasteiger partial charge in [0.15, 0.2) is 0 Å². The van der Waals surface area contributed by atoms with Gasteiger partial charge in [0.25, 0.3) is 5.56 Å². The van der Waals surface area contributed by atoms with Gasteiger partial charge in [0.05, 0.1) is 12.3 Å². The van der Waals surface area contributed by atoms with E-state index in [0.29, 0.717) is 6.61 Å². The van der Waals surface area contributed by atoms with E-state index < -0.39 is 0 Å². The number of aryl methyl sites for hydroxylation is 1. The highest BCUT2D eigenvalue weighted by molar-refractivity contribution is 5.56. The summed E-state index contributed by atoms with van der Waals surface area (Å²) < 4.78 is 7.03. The van der Waals surface area contributed by atoms with Crippen LogP contribution in [0.5, 0.6) is 5.75 Å². The van der Waals surface area contributed by atoms with Crippen LogP contribution in [0.15, 0.2) is 41.3 Å². The molecule has 26 heavy (non-hydrogen) atoms. The summed E-state index contributed by atoms with van der Waals surface area (Å²) in [6, 6.07) is 9.84. The highest BCUT2D eigenvalue weighted by Crippen LogP contribution is 2.23. The van der Waals surface area contributed by atoms with Crippen molar-refractivity contribution in [1.29, 1.82) is 0 Å². The summed E-state index contributed by atoms with van der Waals surface area (Å²) in [7, 11) is 1.69. The number of hydrogen-bond acceptors (Lipinski definition) is 6. The van der Waals surface area contributed by atoms with E-state index in [0.717, 1.165) is 56.4 Å². The molecule has 0 bridgehead atoms. The van der Waals surface area contributed by atoms with Gasteiger partial charge in [-0.2, -0.15) is 5.10 Å². The van der Waals surface area contributed by atoms with Crippen LogP contribution in [0.25, 0.3) is 0 Å². The van der Waals surface area contributed by atoms with E-state index >= 15 is 0 Å². The third-order valence-electron chi connectivity index (χ3n) is 4.63. The van der Waals surface area contributed by atoms with Gasteiger partial charge in [-0.25, -0.2) is 4.68 Å². The maximum Gasteiger partial charge on any atom is 0.290 e. The molecule has 1 aliphatic heterocycles. The number of rotatable bonds is 7. The van der Waals surface area contributed by atoms with Crippen molar-refractivity contribution in [2.75, 3.05) is 56.1 Å². The quantitative estimate of drug-likeness (QED) is 0.809. The zero-order valence-corrected chi connectivity index (χ0v) is 15.5. The van der Waals surface area contributed by atoms with Gasteiger partial charge in [0.2, 0.25) is 0 Å². The van der Waals surface area contributed by atoms with Crippen LogP contribution in [0.1, 0.15) is 6.92 Å². The maximum atomic E-state index is 12.2. The highest BCUT2D eigenvalue weighted by Gasteiger charge is 2.19. The molecule has 2 aromatic rings. The molecule has 140 valence electrons. The van der Waals surface area contributed by atoms with Gasteiger partial charge < -0.3 is 15.0 Å². The zero-order chi connectivity index (χ0) is 18.4. The number of benzene rings is 1. The van der Waals surface area contributed by atoms with E-state index in [-0.39, 0.29) is 5.56 Å². The van der Waals surface area contributed by atoms with Crippen LogP contribution in [0.2, 0.25) is 0 Å². The van der Waals surface area contributed by atoms with Crippen LogP contribution in [-0.4, -0.2) is 60.6 Å². The number of anilines is 2. The van der Waals surface area contributed by atoms with Crippen LogP contribution in [-0.2, 0) is 7.05 Å². The van der Waals surface area contributed by atoms with Crippen molar-refractivity contribution in [3.63, 3.8) is 0 Å². The lowest BCUT2D eigenvalue weighted by atomic mass is 10.2. The molecular formula is C19H27N5O2. The fourth-order valence-corrected chi connectivity index (χ4v) is 3.19. The number of nitrogens with zero attached hydrogens (tertiary/aromatic N) is 4. The lowest BCUT2D eigenvalue weighted by Gasteiger charge is -2.35. The van der Waals surface area contributed by atoms with E-state index in [4.69, 9.17) is 4.74 Å². The minimum absolute atomic E-state index is 0.0323. The van der Waals surface area contributed by atoms with Gasteiger partial charge in [-0.05, 0) is 25.1 Å². The van der Waals surface area contributed by atoms with Gasteiger partial charge in [-0.1, -0.05) is 12.1 Å². The molecule has 0 amide bonds. The average molecular weight is 357 g/mol. The topological polar surface area (TPSA) is 62.6 Å². The fraction of sp³-hybridized carbons (Fsp3) is 0.474. The first kappa shape index (κ1) is 18.3. The number of ether oxygens (including phenoxy) is 1. The van der Waals surface area contributed by atoms with Crippen LogP contribution in [0.4, 0.5) is 11.4 Å². The maximum absolute atomic E-state index is 12.2. The molecule has 1 aliphatic rings. The Morgan fingerprint density at radius 2 is 1.92 bits per heavy atom. The van der Waals surface area contributed by atoms with Crippen molar-refractivity contribution in [1.82, 2.24) is 14.7 Å². The Kier molecular flexibility index (Phi) is 6.12. The molecule has 3 rings (SSSR count). The monoisotopic (exact) mass is 357 g/mol. The minimum Gasteiger partial charge on any atom is -0.492 e. The second-order valence-corrected chi connectivity index (χ2v) is 6.33. The van der Waals surface area contributed by atoms with Crippen molar-refractivity contribution in [3.8, 4) is 5.75 Å². The van der Waals surface area contributed by atoms with Gasteiger partial charge in [0, 0.05) is 52.5 Å². The predicted octanol–water partition coefficient (Wildman–Crippen LogP) is 1.41. The number of aromatic nitrogens is 2. The summed E-state index contributed by atoms with van der Waals surface area (Å²) >= 11 is 0. The second kappa shape index (κ2) is 8.71. The standard InChI is InChI=1S/C19H27N5O2/c1-3-26-18-7-5-4-6-16(18)20-10-11-23-12-14-24(15-13-23)17-8-9-21-22(2)19(17)25/h4-9,20H,3,10-15H2,1-2H3. The first-order chi connectivity index (χ1) is 12.7. The molecule has 1 N–H and O–H groups in total. The van der Waals surface area contributed by atoms with Gasteiger partial charge >= 0.3 is 0 Å². The van der Waals surface area contributed by atoms with Gasteiger partial charge in [-0.3, -0.25) is 9.69 Å². The van der Waals surface area contributed by atoms with Crippen molar-refractivity contribution >= 4 is 11.4 Å². The van der Waals surface area contributed by atoms with E-state index in [2.05, 4.69) is 20.2 Å². The predicted molar refractivity (Wildman–Crippen MR) is 104 cm³/mol. The van der Waals surface area contributed by atoms with Crippen LogP contribution in [0, 0.1) is 0 Å². The van der Waals surface area contributed by atoms with Crippen molar-refractivity contribution in [2.45, 2.75) is 6.92 Å². The van der Waals surface area contributed by atoms with Crippen molar-refractivity contribution in [3.05, 3.63) is 46.9 Å². The molecule has 0 atom stereocenters. The van der Waals surface area contributed by atoms with Gasteiger partial charge in [-0.15, -0.1) is 0 Å². The number of piperazine rings is 1. The minimum atomic E-state index is -0.0323. The summed E-state index contributed by atoms with van der Waals surface area (Å²) in [5.74, 6) is 0.897. The molecule has 0 radical (unpaired) electrons. The molecule has 1 aromatic carbocycles. The Labute approximate surface area is 154 Å². The first-order valence-electron chi connectivity index (χ1n) is 9.14. The molecule has 1 fully saturated rings. The van der Waals surface area contributed by atoms with Gasteiger partial charge in [0.1, 0.15) is 11.4 Å². The lowest BCUT2D eigenvalue weighted by Crippen LogP contribution is -2.49. The lowest BCUT2D eigenvalue weighted by molar-refractivity contribution is 0.267. The molecule has 0 saturated carbocycles.